The van der Waals surface area contributed by atoms with Crippen molar-refractivity contribution in [2.75, 3.05) is 34.5 Å². The van der Waals surface area contributed by atoms with E-state index in [1.54, 1.807) is 32.4 Å². The van der Waals surface area contributed by atoms with Gasteiger partial charge in [0.15, 0.2) is 11.5 Å². The number of carbonyl (C=O) groups is 1. The summed E-state index contributed by atoms with van der Waals surface area (Å²) >= 11 is 0. The summed E-state index contributed by atoms with van der Waals surface area (Å²) in [5.41, 5.74) is 0.714. The van der Waals surface area contributed by atoms with Crippen LogP contribution in [0.1, 0.15) is 12.0 Å². The maximum absolute atomic E-state index is 11.9. The summed E-state index contributed by atoms with van der Waals surface area (Å²) < 4.78 is 15.2. The van der Waals surface area contributed by atoms with Crippen molar-refractivity contribution >= 4 is 12.0 Å². The molecule has 6 nitrogen and oxygen atoms in total. The Kier molecular flexibility index (Phi) is 7.51. The lowest BCUT2D eigenvalue weighted by Crippen LogP contribution is -2.26. The lowest BCUT2D eigenvalue weighted by Gasteiger charge is -2.08. The van der Waals surface area contributed by atoms with Crippen LogP contribution in [0.25, 0.3) is 6.08 Å². The van der Waals surface area contributed by atoms with Crippen LogP contribution in [-0.2, 0) is 9.53 Å². The van der Waals surface area contributed by atoms with Crippen LogP contribution in [-0.4, -0.2) is 40.4 Å². The standard InChI is InChI=1S/C16H20N2O4/c1-20-8-4-7-18-16(19)13(11-17)9-12-5-6-14(21-2)15(10-12)22-3/h5-6,9-10H,4,7-8H2,1-3H3,(H,18,19). The summed E-state index contributed by atoms with van der Waals surface area (Å²) in [6, 6.07) is 7.07. The summed E-state index contributed by atoms with van der Waals surface area (Å²) in [6.45, 7) is 1.01. The molecular formula is C16H20N2O4. The summed E-state index contributed by atoms with van der Waals surface area (Å²) in [6.07, 6.45) is 2.20. The Labute approximate surface area is 130 Å². The summed E-state index contributed by atoms with van der Waals surface area (Å²) in [5.74, 6) is 0.713. The number of carbonyl (C=O) groups excluding carboxylic acids is 1. The van der Waals surface area contributed by atoms with Crippen molar-refractivity contribution in [3.8, 4) is 17.6 Å². The molecule has 0 saturated carbocycles. The molecule has 0 aromatic heterocycles. The molecule has 0 aliphatic rings. The zero-order chi connectivity index (χ0) is 16.4. The Morgan fingerprint density at radius 3 is 2.59 bits per heavy atom. The van der Waals surface area contributed by atoms with Gasteiger partial charge in [-0.2, -0.15) is 5.26 Å². The van der Waals surface area contributed by atoms with Crippen LogP contribution in [0.4, 0.5) is 0 Å². The highest BCUT2D eigenvalue weighted by Crippen LogP contribution is 2.28. The van der Waals surface area contributed by atoms with Gasteiger partial charge in [-0.3, -0.25) is 4.79 Å². The Morgan fingerprint density at radius 2 is 2.00 bits per heavy atom. The number of rotatable bonds is 8. The van der Waals surface area contributed by atoms with Gasteiger partial charge in [-0.1, -0.05) is 6.07 Å². The number of hydrogen-bond donors (Lipinski definition) is 1. The molecule has 0 bridgehead atoms. The minimum absolute atomic E-state index is 0.0321. The fourth-order valence-electron chi connectivity index (χ4n) is 1.77. The number of methoxy groups -OCH3 is 3. The van der Waals surface area contributed by atoms with Crippen LogP contribution in [0.15, 0.2) is 23.8 Å². The van der Waals surface area contributed by atoms with E-state index in [1.165, 1.54) is 13.2 Å². The lowest BCUT2D eigenvalue weighted by atomic mass is 10.1. The van der Waals surface area contributed by atoms with Gasteiger partial charge in [0.1, 0.15) is 11.6 Å². The first kappa shape index (κ1) is 17.5. The van der Waals surface area contributed by atoms with Gasteiger partial charge in [0.05, 0.1) is 14.2 Å². The monoisotopic (exact) mass is 304 g/mol. The molecule has 0 unspecified atom stereocenters. The highest BCUT2D eigenvalue weighted by Gasteiger charge is 2.09. The van der Waals surface area contributed by atoms with Crippen molar-refractivity contribution in [2.24, 2.45) is 0 Å². The first-order valence-electron chi connectivity index (χ1n) is 6.77. The average Bonchev–Trinajstić information content (AvgIpc) is 2.56. The van der Waals surface area contributed by atoms with Crippen molar-refractivity contribution in [2.45, 2.75) is 6.42 Å². The molecule has 0 heterocycles. The minimum Gasteiger partial charge on any atom is -0.493 e. The van der Waals surface area contributed by atoms with Crippen molar-refractivity contribution < 1.29 is 19.0 Å². The van der Waals surface area contributed by atoms with Crippen molar-refractivity contribution in [1.82, 2.24) is 5.32 Å². The van der Waals surface area contributed by atoms with Crippen molar-refractivity contribution in [3.05, 3.63) is 29.3 Å². The predicted octanol–water partition coefficient (Wildman–Crippen LogP) is 1.76. The zero-order valence-electron chi connectivity index (χ0n) is 13.0. The number of amides is 1. The molecule has 0 spiro atoms. The highest BCUT2D eigenvalue weighted by atomic mass is 16.5. The number of ether oxygens (including phenoxy) is 3. The largest absolute Gasteiger partial charge is 0.493 e. The van der Waals surface area contributed by atoms with Crippen molar-refractivity contribution in [1.29, 1.82) is 5.26 Å². The Balaban J connectivity index is 2.83. The van der Waals surface area contributed by atoms with Gasteiger partial charge in [0.2, 0.25) is 0 Å². The Bertz CT molecular complexity index is 576. The molecule has 1 aromatic rings. The van der Waals surface area contributed by atoms with E-state index in [9.17, 15) is 4.79 Å². The number of benzene rings is 1. The number of hydrogen-bond acceptors (Lipinski definition) is 5. The lowest BCUT2D eigenvalue weighted by molar-refractivity contribution is -0.117. The molecule has 22 heavy (non-hydrogen) atoms. The van der Waals surface area contributed by atoms with E-state index >= 15 is 0 Å². The predicted molar refractivity (Wildman–Crippen MR) is 82.6 cm³/mol. The van der Waals surface area contributed by atoms with Crippen molar-refractivity contribution in [3.63, 3.8) is 0 Å². The van der Waals surface area contributed by atoms with E-state index < -0.39 is 5.91 Å². The molecule has 0 saturated heterocycles. The van der Waals surface area contributed by atoms with Gasteiger partial charge in [-0.05, 0) is 30.2 Å². The Morgan fingerprint density at radius 1 is 1.27 bits per heavy atom. The molecule has 1 aromatic carbocycles. The third-order valence-corrected chi connectivity index (χ3v) is 2.89. The zero-order valence-corrected chi connectivity index (χ0v) is 13.0. The first-order valence-corrected chi connectivity index (χ1v) is 6.77. The third-order valence-electron chi connectivity index (χ3n) is 2.89. The molecule has 0 aliphatic heterocycles. The summed E-state index contributed by atoms with van der Waals surface area (Å²) in [5, 5.41) is 11.8. The molecule has 1 rings (SSSR count). The maximum Gasteiger partial charge on any atom is 0.261 e. The van der Waals surface area contributed by atoms with E-state index in [-0.39, 0.29) is 5.57 Å². The molecule has 6 heteroatoms. The summed E-state index contributed by atoms with van der Waals surface area (Å²) in [7, 11) is 4.67. The van der Waals surface area contributed by atoms with Crippen LogP contribution in [0, 0.1) is 11.3 Å². The van der Waals surface area contributed by atoms with E-state index in [4.69, 9.17) is 19.5 Å². The van der Waals surface area contributed by atoms with Gasteiger partial charge >= 0.3 is 0 Å². The number of nitrogens with zero attached hydrogens (tertiary/aromatic N) is 1. The van der Waals surface area contributed by atoms with Gasteiger partial charge in [0.25, 0.3) is 5.91 Å². The van der Waals surface area contributed by atoms with Crippen LogP contribution >= 0.6 is 0 Å². The molecule has 0 radical (unpaired) electrons. The smallest absolute Gasteiger partial charge is 0.261 e. The van der Waals surface area contributed by atoms with Crippen LogP contribution in [0.2, 0.25) is 0 Å². The number of nitrogens with one attached hydrogen (secondary N) is 1. The van der Waals surface area contributed by atoms with E-state index in [0.717, 1.165) is 0 Å². The molecule has 1 N–H and O–H groups in total. The van der Waals surface area contributed by atoms with Crippen LogP contribution in [0.5, 0.6) is 11.5 Å². The second-order valence-electron chi connectivity index (χ2n) is 4.39. The van der Waals surface area contributed by atoms with E-state index in [1.807, 2.05) is 6.07 Å². The molecular weight excluding hydrogens is 284 g/mol. The first-order chi connectivity index (χ1) is 10.7. The van der Waals surface area contributed by atoms with Gasteiger partial charge in [-0.25, -0.2) is 0 Å². The molecule has 118 valence electrons. The van der Waals surface area contributed by atoms with Crippen LogP contribution < -0.4 is 14.8 Å². The fraction of sp³-hybridized carbons (Fsp3) is 0.375. The molecule has 0 atom stereocenters. The van der Waals surface area contributed by atoms with Gasteiger partial charge < -0.3 is 19.5 Å². The second-order valence-corrected chi connectivity index (χ2v) is 4.39. The van der Waals surface area contributed by atoms with Gasteiger partial charge in [-0.15, -0.1) is 0 Å². The molecule has 1 amide bonds. The Hall–Kier alpha value is -2.52. The average molecular weight is 304 g/mol. The van der Waals surface area contributed by atoms with E-state index in [0.29, 0.717) is 36.6 Å². The number of nitriles is 1. The SMILES string of the molecule is COCCCNC(=O)C(C#N)=Cc1ccc(OC)c(OC)c1. The summed E-state index contributed by atoms with van der Waals surface area (Å²) in [4.78, 5) is 11.9. The third kappa shape index (κ3) is 5.11. The molecule has 0 aliphatic carbocycles. The maximum atomic E-state index is 11.9. The van der Waals surface area contributed by atoms with E-state index in [2.05, 4.69) is 5.32 Å². The second kappa shape index (κ2) is 9.42. The molecule has 0 fully saturated rings. The van der Waals surface area contributed by atoms with Gasteiger partial charge in [0, 0.05) is 20.3 Å². The fourth-order valence-corrected chi connectivity index (χ4v) is 1.77. The highest BCUT2D eigenvalue weighted by molar-refractivity contribution is 6.01. The normalized spacial score (nSPS) is 10.7. The topological polar surface area (TPSA) is 80.6 Å². The van der Waals surface area contributed by atoms with Crippen LogP contribution in [0.3, 0.4) is 0 Å². The quantitative estimate of drug-likeness (QED) is 0.450. The minimum atomic E-state index is -0.409.